The molecule has 1 aliphatic heterocycles. The van der Waals surface area contributed by atoms with Gasteiger partial charge in [-0.15, -0.1) is 0 Å². The minimum Gasteiger partial charge on any atom is -0.388 e. The fourth-order valence-electron chi connectivity index (χ4n) is 3.70. The highest BCUT2D eigenvalue weighted by Crippen LogP contribution is 2.25. The average Bonchev–Trinajstić information content (AvgIpc) is 3.31. The summed E-state index contributed by atoms with van der Waals surface area (Å²) in [7, 11) is 0. The molecule has 8 nitrogen and oxygen atoms in total. The number of rotatable bonds is 4. The molecule has 3 heterocycles. The van der Waals surface area contributed by atoms with E-state index in [1.807, 2.05) is 42.8 Å². The first kappa shape index (κ1) is 18.5. The quantitative estimate of drug-likeness (QED) is 0.645. The van der Waals surface area contributed by atoms with Gasteiger partial charge in [-0.2, -0.15) is 0 Å². The van der Waals surface area contributed by atoms with Gasteiger partial charge in [0, 0.05) is 25.5 Å². The number of H-pyrrole nitrogens is 1. The lowest BCUT2D eigenvalue weighted by atomic mass is 9.91. The molecule has 4 rings (SSSR count). The molecule has 28 heavy (non-hydrogen) atoms. The molecule has 1 saturated heterocycles. The fourth-order valence-corrected chi connectivity index (χ4v) is 3.70. The van der Waals surface area contributed by atoms with Crippen LogP contribution < -0.4 is 5.32 Å². The number of piperidine rings is 1. The van der Waals surface area contributed by atoms with Gasteiger partial charge >= 0.3 is 6.03 Å². The van der Waals surface area contributed by atoms with Crippen molar-refractivity contribution < 1.29 is 9.90 Å². The van der Waals surface area contributed by atoms with Crippen molar-refractivity contribution in [3.05, 3.63) is 48.3 Å². The minimum atomic E-state index is -0.806. The van der Waals surface area contributed by atoms with E-state index in [-0.39, 0.29) is 12.1 Å². The molecule has 2 amide bonds. The largest absolute Gasteiger partial charge is 0.388 e. The van der Waals surface area contributed by atoms with Crippen LogP contribution in [0.1, 0.15) is 37.2 Å². The third-order valence-corrected chi connectivity index (χ3v) is 5.42. The van der Waals surface area contributed by atoms with Crippen molar-refractivity contribution >= 4 is 17.1 Å². The van der Waals surface area contributed by atoms with Crippen molar-refractivity contribution in [2.45, 2.75) is 44.9 Å². The molecule has 0 spiro atoms. The smallest absolute Gasteiger partial charge is 0.317 e. The number of benzene rings is 1. The van der Waals surface area contributed by atoms with Crippen LogP contribution >= 0.6 is 0 Å². The number of carbonyl (C=O) groups is 1. The van der Waals surface area contributed by atoms with E-state index in [2.05, 4.69) is 20.3 Å². The van der Waals surface area contributed by atoms with Crippen molar-refractivity contribution in [3.63, 3.8) is 0 Å². The molecule has 1 atom stereocenters. The average molecular weight is 382 g/mol. The van der Waals surface area contributed by atoms with E-state index in [4.69, 9.17) is 0 Å². The Kier molecular flexibility index (Phi) is 4.80. The fraction of sp³-hybridized carbons (Fsp3) is 0.450. The van der Waals surface area contributed by atoms with E-state index in [9.17, 15) is 9.90 Å². The Balaban J connectivity index is 1.34. The number of nitrogens with one attached hydrogen (secondary N) is 2. The molecule has 8 heteroatoms. The molecule has 1 aromatic carbocycles. The summed E-state index contributed by atoms with van der Waals surface area (Å²) in [4.78, 5) is 26.3. The number of aryl methyl sites for hydroxylation is 1. The molecule has 148 valence electrons. The molecule has 0 radical (unpaired) electrons. The number of imidazole rings is 2. The monoisotopic (exact) mass is 382 g/mol. The van der Waals surface area contributed by atoms with Crippen LogP contribution in [0, 0.1) is 6.92 Å². The Hall–Kier alpha value is -2.87. The summed E-state index contributed by atoms with van der Waals surface area (Å²) in [6.07, 6.45) is 6.32. The van der Waals surface area contributed by atoms with Gasteiger partial charge in [0.05, 0.1) is 35.5 Å². The van der Waals surface area contributed by atoms with Gasteiger partial charge in [-0.25, -0.2) is 14.8 Å². The Morgan fingerprint density at radius 3 is 2.89 bits per heavy atom. The summed E-state index contributed by atoms with van der Waals surface area (Å²) < 4.78 is 1.88. The van der Waals surface area contributed by atoms with E-state index in [0.29, 0.717) is 32.5 Å². The summed E-state index contributed by atoms with van der Waals surface area (Å²) in [6.45, 7) is 5.49. The summed E-state index contributed by atoms with van der Waals surface area (Å²) >= 11 is 0. The molecule has 0 saturated carbocycles. The van der Waals surface area contributed by atoms with Crippen LogP contribution in [-0.4, -0.2) is 54.2 Å². The van der Waals surface area contributed by atoms with Gasteiger partial charge in [0.25, 0.3) is 0 Å². The predicted octanol–water partition coefficient (Wildman–Crippen LogP) is 2.37. The van der Waals surface area contributed by atoms with Crippen LogP contribution in [-0.2, 0) is 6.54 Å². The van der Waals surface area contributed by atoms with Crippen LogP contribution in [0.2, 0.25) is 0 Å². The van der Waals surface area contributed by atoms with Gasteiger partial charge in [-0.3, -0.25) is 0 Å². The molecule has 3 aromatic rings. The second-order valence-electron chi connectivity index (χ2n) is 7.76. The molecule has 0 aliphatic carbocycles. The second kappa shape index (κ2) is 7.27. The molecular formula is C20H26N6O2. The van der Waals surface area contributed by atoms with E-state index in [0.717, 1.165) is 22.4 Å². The number of aliphatic hydroxyl groups is 1. The van der Waals surface area contributed by atoms with Gasteiger partial charge in [-0.05, 0) is 44.4 Å². The maximum absolute atomic E-state index is 12.7. The van der Waals surface area contributed by atoms with Gasteiger partial charge in [-0.1, -0.05) is 6.07 Å². The zero-order valence-electron chi connectivity index (χ0n) is 16.2. The topological polar surface area (TPSA) is 99.1 Å². The maximum Gasteiger partial charge on any atom is 0.317 e. The molecule has 1 aliphatic rings. The van der Waals surface area contributed by atoms with Crippen molar-refractivity contribution in [1.29, 1.82) is 0 Å². The number of amides is 2. The first-order valence-corrected chi connectivity index (χ1v) is 9.62. The van der Waals surface area contributed by atoms with Crippen LogP contribution in [0.3, 0.4) is 0 Å². The van der Waals surface area contributed by atoms with Crippen LogP contribution in [0.5, 0.6) is 0 Å². The third kappa shape index (κ3) is 3.87. The van der Waals surface area contributed by atoms with Crippen molar-refractivity contribution in [1.82, 2.24) is 29.7 Å². The number of urea groups is 1. The Morgan fingerprint density at radius 1 is 1.39 bits per heavy atom. The standard InChI is InChI=1S/C20H26N6O2/c1-14-3-4-16-17(11-14)24-18(23-16)15(2)22-19(27)26-8-5-20(28,6-9-26)12-25-10-7-21-13-25/h3-4,7,10-11,13,15,28H,5-6,8-9,12H2,1-2H3,(H,22,27)(H,23,24). The predicted molar refractivity (Wildman–Crippen MR) is 106 cm³/mol. The zero-order valence-corrected chi connectivity index (χ0v) is 16.2. The normalized spacial score (nSPS) is 17.6. The summed E-state index contributed by atoms with van der Waals surface area (Å²) in [5.74, 6) is 0.738. The number of hydrogen-bond acceptors (Lipinski definition) is 4. The number of fused-ring (bicyclic) bond motifs is 1. The SMILES string of the molecule is Cc1ccc2nc(C(C)NC(=O)N3CCC(O)(Cn4ccnc4)CC3)[nH]c2c1. The number of aromatic nitrogens is 4. The van der Waals surface area contributed by atoms with Crippen LogP contribution in [0.25, 0.3) is 11.0 Å². The van der Waals surface area contributed by atoms with E-state index in [1.54, 1.807) is 17.4 Å². The zero-order chi connectivity index (χ0) is 19.7. The van der Waals surface area contributed by atoms with Crippen molar-refractivity contribution in [2.75, 3.05) is 13.1 Å². The first-order chi connectivity index (χ1) is 13.4. The Bertz CT molecular complexity index is 956. The van der Waals surface area contributed by atoms with Crippen molar-refractivity contribution in [2.24, 2.45) is 0 Å². The maximum atomic E-state index is 12.7. The number of carbonyl (C=O) groups excluding carboxylic acids is 1. The van der Waals surface area contributed by atoms with E-state index < -0.39 is 5.60 Å². The molecule has 1 unspecified atom stereocenters. The van der Waals surface area contributed by atoms with Crippen LogP contribution in [0.4, 0.5) is 4.79 Å². The second-order valence-corrected chi connectivity index (χ2v) is 7.76. The lowest BCUT2D eigenvalue weighted by Gasteiger charge is -2.38. The number of likely N-dealkylation sites (tertiary alicyclic amines) is 1. The van der Waals surface area contributed by atoms with E-state index >= 15 is 0 Å². The Labute approximate surface area is 163 Å². The lowest BCUT2D eigenvalue weighted by Crippen LogP contribution is -2.51. The number of hydrogen-bond donors (Lipinski definition) is 3. The molecular weight excluding hydrogens is 356 g/mol. The van der Waals surface area contributed by atoms with Crippen LogP contribution in [0.15, 0.2) is 36.9 Å². The minimum absolute atomic E-state index is 0.131. The molecule has 2 aromatic heterocycles. The summed E-state index contributed by atoms with van der Waals surface area (Å²) in [5.41, 5.74) is 2.22. The van der Waals surface area contributed by atoms with Gasteiger partial charge in [0.1, 0.15) is 5.82 Å². The number of aromatic amines is 1. The lowest BCUT2D eigenvalue weighted by molar-refractivity contribution is -0.0259. The van der Waals surface area contributed by atoms with Crippen molar-refractivity contribution in [3.8, 4) is 0 Å². The summed E-state index contributed by atoms with van der Waals surface area (Å²) in [5, 5.41) is 13.8. The molecule has 3 N–H and O–H groups in total. The van der Waals surface area contributed by atoms with Gasteiger partial charge < -0.3 is 24.9 Å². The molecule has 1 fully saturated rings. The highest BCUT2D eigenvalue weighted by molar-refractivity contribution is 5.77. The summed E-state index contributed by atoms with van der Waals surface area (Å²) in [6, 6.07) is 5.69. The Morgan fingerprint density at radius 2 is 2.18 bits per heavy atom. The molecule has 0 bridgehead atoms. The third-order valence-electron chi connectivity index (χ3n) is 5.42. The number of nitrogens with zero attached hydrogens (tertiary/aromatic N) is 4. The van der Waals surface area contributed by atoms with Gasteiger partial charge in [0.15, 0.2) is 0 Å². The van der Waals surface area contributed by atoms with Gasteiger partial charge in [0.2, 0.25) is 0 Å². The first-order valence-electron chi connectivity index (χ1n) is 9.62. The highest BCUT2D eigenvalue weighted by atomic mass is 16.3. The van der Waals surface area contributed by atoms with E-state index in [1.165, 1.54) is 0 Å². The highest BCUT2D eigenvalue weighted by Gasteiger charge is 2.34.